The maximum Gasteiger partial charge on any atom is 0.298 e. The van der Waals surface area contributed by atoms with Gasteiger partial charge in [-0.1, -0.05) is 12.1 Å². The monoisotopic (exact) mass is 484 g/mol. The van der Waals surface area contributed by atoms with Gasteiger partial charge in [0.15, 0.2) is 0 Å². The molecule has 10 heteroatoms. The Labute approximate surface area is 203 Å². The number of Topliss-reactive ketones (excluding diaryl/α,β-unsaturated/α-hetero) is 2. The summed E-state index contributed by atoms with van der Waals surface area (Å²) in [5.74, 6) is -3.79. The molecule has 35 heavy (non-hydrogen) atoms. The predicted molar refractivity (Wildman–Crippen MR) is 128 cm³/mol. The van der Waals surface area contributed by atoms with Crippen LogP contribution in [0.25, 0.3) is 0 Å². The van der Waals surface area contributed by atoms with Gasteiger partial charge >= 0.3 is 0 Å². The third kappa shape index (κ3) is 6.02. The van der Waals surface area contributed by atoms with Crippen molar-refractivity contribution in [3.05, 3.63) is 58.9 Å². The van der Waals surface area contributed by atoms with Crippen molar-refractivity contribution < 1.29 is 28.3 Å². The number of hydrogen-bond acceptors (Lipinski definition) is 7. The fourth-order valence-corrected chi connectivity index (χ4v) is 3.90. The van der Waals surface area contributed by atoms with Gasteiger partial charge < -0.3 is 20.3 Å². The van der Waals surface area contributed by atoms with Crippen LogP contribution in [0.3, 0.4) is 0 Å². The number of nitrogens with zero attached hydrogens (tertiary/aromatic N) is 3. The fraction of sp³-hybridized carbons (Fsp3) is 0.360. The number of amides is 2. The van der Waals surface area contributed by atoms with Gasteiger partial charge in [-0.25, -0.2) is 4.39 Å². The Bertz CT molecular complexity index is 1130. The number of carbonyl (C=O) groups is 4. The lowest BCUT2D eigenvalue weighted by Crippen LogP contribution is -2.36. The molecule has 0 saturated carbocycles. The number of ketones is 2. The Morgan fingerprint density at radius 3 is 2.31 bits per heavy atom. The highest BCUT2D eigenvalue weighted by atomic mass is 19.1. The highest BCUT2D eigenvalue weighted by Gasteiger charge is 2.30. The van der Waals surface area contributed by atoms with Crippen molar-refractivity contribution in [3.8, 4) is 5.75 Å². The first-order valence-electron chi connectivity index (χ1n) is 11.2. The molecule has 2 amide bonds. The van der Waals surface area contributed by atoms with Crippen molar-refractivity contribution in [1.82, 2.24) is 14.7 Å². The molecule has 1 fully saturated rings. The van der Waals surface area contributed by atoms with Gasteiger partial charge in [-0.05, 0) is 30.2 Å². The van der Waals surface area contributed by atoms with Crippen LogP contribution in [0.2, 0.25) is 0 Å². The predicted octanol–water partition coefficient (Wildman–Crippen LogP) is 1.60. The summed E-state index contributed by atoms with van der Waals surface area (Å²) in [4.78, 5) is 55.2. The van der Waals surface area contributed by atoms with Crippen LogP contribution in [0, 0.1) is 5.82 Å². The van der Waals surface area contributed by atoms with Gasteiger partial charge in [0.2, 0.25) is 5.78 Å². The summed E-state index contributed by atoms with van der Waals surface area (Å²) in [7, 11) is 4.09. The van der Waals surface area contributed by atoms with E-state index in [1.54, 1.807) is 17.0 Å². The molecular formula is C25H29FN4O5. The normalized spacial score (nSPS) is 14.2. The van der Waals surface area contributed by atoms with E-state index in [4.69, 9.17) is 10.5 Å². The number of carbonyl (C=O) groups excluding carboxylic acids is 4. The van der Waals surface area contributed by atoms with Crippen LogP contribution in [-0.2, 0) is 16.1 Å². The summed E-state index contributed by atoms with van der Waals surface area (Å²) in [5, 5.41) is 0. The van der Waals surface area contributed by atoms with Crippen molar-refractivity contribution in [2.24, 2.45) is 0 Å². The van der Waals surface area contributed by atoms with E-state index in [2.05, 4.69) is 4.90 Å². The van der Waals surface area contributed by atoms with Crippen LogP contribution in [-0.4, -0.2) is 85.5 Å². The van der Waals surface area contributed by atoms with E-state index >= 15 is 0 Å². The summed E-state index contributed by atoms with van der Waals surface area (Å²) < 4.78 is 18.5. The highest BCUT2D eigenvalue weighted by molar-refractivity contribution is 6.66. The Kier molecular flexibility index (Phi) is 8.18. The molecule has 0 aromatic heterocycles. The van der Waals surface area contributed by atoms with Crippen molar-refractivity contribution in [2.45, 2.75) is 13.0 Å². The lowest BCUT2D eigenvalue weighted by Gasteiger charge is -2.23. The van der Waals surface area contributed by atoms with Gasteiger partial charge in [0.1, 0.15) is 11.6 Å². The molecular weight excluding hydrogens is 455 g/mol. The van der Waals surface area contributed by atoms with E-state index in [1.807, 2.05) is 0 Å². The summed E-state index contributed by atoms with van der Waals surface area (Å²) >= 11 is 0. The zero-order valence-corrected chi connectivity index (χ0v) is 20.0. The lowest BCUT2D eigenvalue weighted by molar-refractivity contribution is -0.140. The highest BCUT2D eigenvalue weighted by Crippen LogP contribution is 2.28. The molecule has 0 atom stereocenters. The second kappa shape index (κ2) is 11.1. The smallest absolute Gasteiger partial charge is 0.298 e. The van der Waals surface area contributed by atoms with E-state index in [0.717, 1.165) is 17.0 Å². The standard InChI is InChI=1S/C25H29FN4O5/c1-28(2)25(34)23(32)22(31)18-13-19(21(35-3)14-20(18)27)24(33)30-10-4-9-29(11-12-30)15-16-5-7-17(26)8-6-16/h5-8,13-14H,4,9-12,15,27H2,1-3H3. The Morgan fingerprint density at radius 1 is 1.00 bits per heavy atom. The van der Waals surface area contributed by atoms with E-state index in [-0.39, 0.29) is 34.3 Å². The summed E-state index contributed by atoms with van der Waals surface area (Å²) in [6.07, 6.45) is 0.714. The SMILES string of the molecule is COc1cc(N)c(C(=O)C(=O)C(=O)N(C)C)cc1C(=O)N1CCCN(Cc2ccc(F)cc2)CC1. The number of benzene rings is 2. The first-order valence-corrected chi connectivity index (χ1v) is 11.2. The minimum atomic E-state index is -1.24. The van der Waals surface area contributed by atoms with Gasteiger partial charge in [0.05, 0.1) is 18.2 Å². The topological polar surface area (TPSA) is 113 Å². The van der Waals surface area contributed by atoms with Crippen LogP contribution < -0.4 is 10.5 Å². The Hall–Kier alpha value is -3.79. The number of nitrogen functional groups attached to an aromatic ring is 1. The van der Waals surface area contributed by atoms with Crippen LogP contribution in [0.15, 0.2) is 36.4 Å². The molecule has 2 N–H and O–H groups in total. The maximum atomic E-state index is 13.4. The van der Waals surface area contributed by atoms with E-state index in [9.17, 15) is 23.6 Å². The summed E-state index contributed by atoms with van der Waals surface area (Å²) in [5.41, 5.74) is 6.73. The second-order valence-corrected chi connectivity index (χ2v) is 8.55. The number of methoxy groups -OCH3 is 1. The largest absolute Gasteiger partial charge is 0.496 e. The molecule has 1 aliphatic rings. The zero-order valence-electron chi connectivity index (χ0n) is 20.0. The number of nitrogens with two attached hydrogens (primary N) is 1. The van der Waals surface area contributed by atoms with Gasteiger partial charge in [-0.2, -0.15) is 0 Å². The average Bonchev–Trinajstić information content (AvgIpc) is 3.08. The van der Waals surface area contributed by atoms with Crippen LogP contribution in [0.1, 0.15) is 32.7 Å². The molecule has 186 valence electrons. The molecule has 0 spiro atoms. The van der Waals surface area contributed by atoms with Crippen molar-refractivity contribution in [2.75, 3.05) is 53.1 Å². The fourth-order valence-electron chi connectivity index (χ4n) is 3.90. The Morgan fingerprint density at radius 2 is 1.69 bits per heavy atom. The molecule has 0 radical (unpaired) electrons. The van der Waals surface area contributed by atoms with E-state index < -0.39 is 17.5 Å². The number of anilines is 1. The van der Waals surface area contributed by atoms with E-state index in [1.165, 1.54) is 45.5 Å². The maximum absolute atomic E-state index is 13.4. The van der Waals surface area contributed by atoms with Crippen LogP contribution in [0.4, 0.5) is 10.1 Å². The van der Waals surface area contributed by atoms with Crippen LogP contribution >= 0.6 is 0 Å². The molecule has 0 unspecified atom stereocenters. The minimum absolute atomic E-state index is 0.0651. The van der Waals surface area contributed by atoms with E-state index in [0.29, 0.717) is 32.6 Å². The molecule has 0 aliphatic carbocycles. The van der Waals surface area contributed by atoms with Crippen molar-refractivity contribution in [3.63, 3.8) is 0 Å². The molecule has 1 aliphatic heterocycles. The first-order chi connectivity index (χ1) is 16.6. The van der Waals surface area contributed by atoms with Crippen molar-refractivity contribution >= 4 is 29.1 Å². The second-order valence-electron chi connectivity index (χ2n) is 8.55. The molecule has 2 aromatic rings. The summed E-state index contributed by atoms with van der Waals surface area (Å²) in [6, 6.07) is 8.86. The Balaban J connectivity index is 1.79. The first kappa shape index (κ1) is 25.8. The van der Waals surface area contributed by atoms with Crippen LogP contribution in [0.5, 0.6) is 5.75 Å². The van der Waals surface area contributed by atoms with Gasteiger partial charge in [-0.3, -0.25) is 24.1 Å². The number of halogens is 1. The number of likely N-dealkylation sites (N-methyl/N-ethyl adjacent to an activating group) is 1. The third-order valence-electron chi connectivity index (χ3n) is 5.85. The van der Waals surface area contributed by atoms with Gasteiger partial charge in [0, 0.05) is 58.6 Å². The number of hydrogen-bond donors (Lipinski definition) is 1. The molecule has 1 heterocycles. The quantitative estimate of drug-likeness (QED) is 0.275. The third-order valence-corrected chi connectivity index (χ3v) is 5.85. The van der Waals surface area contributed by atoms with Gasteiger partial charge in [0.25, 0.3) is 17.6 Å². The lowest BCUT2D eigenvalue weighted by atomic mass is 10.00. The van der Waals surface area contributed by atoms with Gasteiger partial charge in [-0.15, -0.1) is 0 Å². The van der Waals surface area contributed by atoms with Crippen molar-refractivity contribution in [1.29, 1.82) is 0 Å². The summed E-state index contributed by atoms with van der Waals surface area (Å²) in [6.45, 7) is 2.89. The minimum Gasteiger partial charge on any atom is -0.496 e. The number of rotatable bonds is 7. The molecule has 2 aromatic carbocycles. The molecule has 1 saturated heterocycles. The molecule has 0 bridgehead atoms. The molecule has 9 nitrogen and oxygen atoms in total. The molecule has 3 rings (SSSR count). The zero-order chi connectivity index (χ0) is 25.7. The average molecular weight is 485 g/mol. The number of ether oxygens (including phenoxy) is 1.